The Morgan fingerprint density at radius 2 is 1.71 bits per heavy atom. The zero-order valence-corrected chi connectivity index (χ0v) is 16.8. The Bertz CT molecular complexity index is 1070. The van der Waals surface area contributed by atoms with Crippen molar-refractivity contribution in [2.75, 3.05) is 5.32 Å². The number of nitro benzene ring substituents is 1. The highest BCUT2D eigenvalue weighted by molar-refractivity contribution is 5.98. The molecule has 158 valence electrons. The summed E-state index contributed by atoms with van der Waals surface area (Å²) >= 11 is 0. The Balaban J connectivity index is 1.57. The van der Waals surface area contributed by atoms with E-state index < -0.39 is 16.9 Å². The van der Waals surface area contributed by atoms with Crippen LogP contribution in [0.3, 0.4) is 0 Å². The van der Waals surface area contributed by atoms with Gasteiger partial charge in [-0.05, 0) is 42.8 Å². The summed E-state index contributed by atoms with van der Waals surface area (Å²) in [5.74, 6) is -0.336. The van der Waals surface area contributed by atoms with Crippen LogP contribution in [0.1, 0.15) is 22.8 Å². The van der Waals surface area contributed by atoms with Crippen LogP contribution in [0.4, 0.5) is 11.4 Å². The molecule has 0 aromatic heterocycles. The number of amides is 2. The molecule has 2 N–H and O–H groups in total. The van der Waals surface area contributed by atoms with Crippen LogP contribution < -0.4 is 15.4 Å². The van der Waals surface area contributed by atoms with Gasteiger partial charge in [0.1, 0.15) is 5.75 Å². The minimum Gasteiger partial charge on any atom is -0.481 e. The molecular weight excluding hydrogens is 398 g/mol. The number of nitrogens with zero attached hydrogens (tertiary/aromatic N) is 1. The second kappa shape index (κ2) is 10.0. The molecule has 0 saturated carbocycles. The molecule has 3 aromatic carbocycles. The van der Waals surface area contributed by atoms with Crippen molar-refractivity contribution in [3.8, 4) is 5.75 Å². The van der Waals surface area contributed by atoms with Crippen LogP contribution in [0.2, 0.25) is 0 Å². The number of hydrogen-bond donors (Lipinski definition) is 2. The quantitative estimate of drug-likeness (QED) is 0.425. The van der Waals surface area contributed by atoms with Crippen LogP contribution in [0.25, 0.3) is 0 Å². The SMILES string of the molecule is CC(Oc1ccc([N+](=O)[O-])cc1)C(=O)Nc1cccc(C(=O)NCc2ccccc2)c1. The summed E-state index contributed by atoms with van der Waals surface area (Å²) < 4.78 is 5.53. The van der Waals surface area contributed by atoms with Gasteiger partial charge in [0, 0.05) is 29.9 Å². The molecule has 0 radical (unpaired) electrons. The third kappa shape index (κ3) is 6.14. The molecule has 0 aliphatic carbocycles. The molecule has 0 spiro atoms. The zero-order valence-electron chi connectivity index (χ0n) is 16.8. The maximum Gasteiger partial charge on any atom is 0.269 e. The maximum atomic E-state index is 12.4. The lowest BCUT2D eigenvalue weighted by Crippen LogP contribution is -2.30. The second-order valence-corrected chi connectivity index (χ2v) is 6.75. The third-order valence-electron chi connectivity index (χ3n) is 4.42. The van der Waals surface area contributed by atoms with Gasteiger partial charge < -0.3 is 15.4 Å². The molecule has 8 heteroatoms. The molecule has 0 saturated heterocycles. The molecule has 1 unspecified atom stereocenters. The number of non-ortho nitro benzene ring substituents is 1. The molecule has 0 bridgehead atoms. The summed E-state index contributed by atoms with van der Waals surface area (Å²) in [5, 5.41) is 16.3. The molecule has 2 amide bonds. The first-order valence-electron chi connectivity index (χ1n) is 9.56. The van der Waals surface area contributed by atoms with Crippen molar-refractivity contribution in [2.45, 2.75) is 19.6 Å². The molecule has 0 heterocycles. The Morgan fingerprint density at radius 3 is 2.39 bits per heavy atom. The predicted octanol–water partition coefficient (Wildman–Crippen LogP) is 3.93. The van der Waals surface area contributed by atoms with Gasteiger partial charge in [-0.25, -0.2) is 0 Å². The fraction of sp³-hybridized carbons (Fsp3) is 0.130. The summed E-state index contributed by atoms with van der Waals surface area (Å²) in [6, 6.07) is 21.6. The topological polar surface area (TPSA) is 111 Å². The molecule has 3 aromatic rings. The number of carbonyl (C=O) groups is 2. The number of nitro groups is 1. The number of benzene rings is 3. The van der Waals surface area contributed by atoms with E-state index in [4.69, 9.17) is 4.74 Å². The van der Waals surface area contributed by atoms with Gasteiger partial charge in [-0.15, -0.1) is 0 Å². The smallest absolute Gasteiger partial charge is 0.269 e. The Labute approximate surface area is 179 Å². The van der Waals surface area contributed by atoms with E-state index in [0.717, 1.165) is 5.56 Å². The van der Waals surface area contributed by atoms with E-state index >= 15 is 0 Å². The first-order valence-corrected chi connectivity index (χ1v) is 9.56. The van der Waals surface area contributed by atoms with Crippen LogP contribution in [0.15, 0.2) is 78.9 Å². The monoisotopic (exact) mass is 419 g/mol. The summed E-state index contributed by atoms with van der Waals surface area (Å²) in [4.78, 5) is 35.0. The molecule has 1 atom stereocenters. The van der Waals surface area contributed by atoms with Gasteiger partial charge in [-0.2, -0.15) is 0 Å². The largest absolute Gasteiger partial charge is 0.481 e. The van der Waals surface area contributed by atoms with E-state index in [0.29, 0.717) is 23.5 Å². The zero-order chi connectivity index (χ0) is 22.2. The van der Waals surface area contributed by atoms with Crippen LogP contribution in [0.5, 0.6) is 5.75 Å². The highest BCUT2D eigenvalue weighted by Crippen LogP contribution is 2.19. The van der Waals surface area contributed by atoms with Crippen molar-refractivity contribution < 1.29 is 19.2 Å². The summed E-state index contributed by atoms with van der Waals surface area (Å²) in [6.45, 7) is 1.96. The van der Waals surface area contributed by atoms with Gasteiger partial charge in [0.25, 0.3) is 17.5 Å². The van der Waals surface area contributed by atoms with Gasteiger partial charge in [-0.3, -0.25) is 19.7 Å². The molecule has 3 rings (SSSR count). The van der Waals surface area contributed by atoms with Gasteiger partial charge in [0.05, 0.1) is 4.92 Å². The van der Waals surface area contributed by atoms with E-state index in [2.05, 4.69) is 10.6 Å². The lowest BCUT2D eigenvalue weighted by Gasteiger charge is -2.15. The van der Waals surface area contributed by atoms with Gasteiger partial charge in [-0.1, -0.05) is 36.4 Å². The average molecular weight is 419 g/mol. The lowest BCUT2D eigenvalue weighted by molar-refractivity contribution is -0.384. The average Bonchev–Trinajstić information content (AvgIpc) is 2.78. The number of carbonyl (C=O) groups excluding carboxylic acids is 2. The number of anilines is 1. The molecule has 0 fully saturated rings. The van der Waals surface area contributed by atoms with Crippen molar-refractivity contribution >= 4 is 23.2 Å². The van der Waals surface area contributed by atoms with Crippen LogP contribution in [0, 0.1) is 10.1 Å². The first-order chi connectivity index (χ1) is 14.9. The van der Waals surface area contributed by atoms with Gasteiger partial charge >= 0.3 is 0 Å². The Hall–Kier alpha value is -4.20. The van der Waals surface area contributed by atoms with Crippen LogP contribution in [-0.4, -0.2) is 22.8 Å². The highest BCUT2D eigenvalue weighted by Gasteiger charge is 2.16. The van der Waals surface area contributed by atoms with Crippen LogP contribution >= 0.6 is 0 Å². The minimum absolute atomic E-state index is 0.0631. The maximum absolute atomic E-state index is 12.4. The van der Waals surface area contributed by atoms with Crippen molar-refractivity contribution in [2.24, 2.45) is 0 Å². The van der Waals surface area contributed by atoms with Gasteiger partial charge in [0.2, 0.25) is 0 Å². The Kier molecular flexibility index (Phi) is 6.95. The van der Waals surface area contributed by atoms with E-state index in [-0.39, 0.29) is 11.6 Å². The molecule has 0 aliphatic rings. The summed E-state index contributed by atoms with van der Waals surface area (Å²) in [7, 11) is 0. The van der Waals surface area contributed by atoms with Crippen molar-refractivity contribution in [3.63, 3.8) is 0 Å². The van der Waals surface area contributed by atoms with Crippen molar-refractivity contribution in [3.05, 3.63) is 100 Å². The molecule has 8 nitrogen and oxygen atoms in total. The minimum atomic E-state index is -0.850. The van der Waals surface area contributed by atoms with E-state index in [1.807, 2.05) is 30.3 Å². The van der Waals surface area contributed by atoms with E-state index in [1.165, 1.54) is 24.3 Å². The number of rotatable bonds is 8. The van der Waals surface area contributed by atoms with Gasteiger partial charge in [0.15, 0.2) is 6.10 Å². The van der Waals surface area contributed by atoms with Crippen molar-refractivity contribution in [1.29, 1.82) is 0 Å². The number of nitrogens with one attached hydrogen (secondary N) is 2. The molecule has 31 heavy (non-hydrogen) atoms. The predicted molar refractivity (Wildman–Crippen MR) is 116 cm³/mol. The first kappa shape index (κ1) is 21.5. The normalized spacial score (nSPS) is 11.3. The molecular formula is C23H21N3O5. The van der Waals surface area contributed by atoms with E-state index in [9.17, 15) is 19.7 Å². The highest BCUT2D eigenvalue weighted by atomic mass is 16.6. The number of ether oxygens (including phenoxy) is 1. The fourth-order valence-corrected chi connectivity index (χ4v) is 2.77. The Morgan fingerprint density at radius 1 is 1.00 bits per heavy atom. The molecule has 0 aliphatic heterocycles. The summed E-state index contributed by atoms with van der Waals surface area (Å²) in [5.41, 5.74) is 1.79. The fourth-order valence-electron chi connectivity index (χ4n) is 2.77. The van der Waals surface area contributed by atoms with E-state index in [1.54, 1.807) is 31.2 Å². The standard InChI is InChI=1S/C23H21N3O5/c1-16(31-21-12-10-20(11-13-21)26(29)30)22(27)25-19-9-5-8-18(14-19)23(28)24-15-17-6-3-2-4-7-17/h2-14,16H,15H2,1H3,(H,24,28)(H,25,27). The summed E-state index contributed by atoms with van der Waals surface area (Å²) in [6.07, 6.45) is -0.850. The second-order valence-electron chi connectivity index (χ2n) is 6.75. The van der Waals surface area contributed by atoms with Crippen molar-refractivity contribution in [1.82, 2.24) is 5.32 Å². The van der Waals surface area contributed by atoms with Crippen LogP contribution in [-0.2, 0) is 11.3 Å². The lowest BCUT2D eigenvalue weighted by atomic mass is 10.1. The third-order valence-corrected chi connectivity index (χ3v) is 4.42. The number of hydrogen-bond acceptors (Lipinski definition) is 5.